The quantitative estimate of drug-likeness (QED) is 0.826. The summed E-state index contributed by atoms with van der Waals surface area (Å²) in [5.41, 5.74) is 1.81. The lowest BCUT2D eigenvalue weighted by atomic mass is 10.2. The Morgan fingerprint density at radius 1 is 1.47 bits per heavy atom. The zero-order valence-corrected chi connectivity index (χ0v) is 10.6. The minimum Gasteiger partial charge on any atom is -0.380 e. The molecule has 0 saturated heterocycles. The number of anilines is 1. The normalized spacial score (nSPS) is 11.9. The van der Waals surface area contributed by atoms with E-state index in [-0.39, 0.29) is 12.1 Å². The fraction of sp³-hybridized carbons (Fsp3) is 0.462. The van der Waals surface area contributed by atoms with Crippen LogP contribution in [0.2, 0.25) is 0 Å². The molecule has 4 heteroatoms. The summed E-state index contributed by atoms with van der Waals surface area (Å²) in [6, 6.07) is 7.62. The summed E-state index contributed by atoms with van der Waals surface area (Å²) in [6.07, 6.45) is 0.914. The van der Waals surface area contributed by atoms with Gasteiger partial charge in [0.25, 0.3) is 0 Å². The van der Waals surface area contributed by atoms with Gasteiger partial charge in [-0.15, -0.1) is 0 Å². The minimum absolute atomic E-state index is 0.172. The highest BCUT2D eigenvalue weighted by atomic mass is 16.5. The monoisotopic (exact) mass is 236 g/mol. The number of hydrogen-bond acceptors (Lipinski definition) is 2. The van der Waals surface area contributed by atoms with Crippen molar-refractivity contribution in [1.82, 2.24) is 5.32 Å². The van der Waals surface area contributed by atoms with Gasteiger partial charge in [0.05, 0.1) is 6.61 Å². The van der Waals surface area contributed by atoms with Gasteiger partial charge in [0.15, 0.2) is 0 Å². The van der Waals surface area contributed by atoms with Crippen LogP contribution in [0.5, 0.6) is 0 Å². The van der Waals surface area contributed by atoms with Crippen molar-refractivity contribution >= 4 is 11.7 Å². The summed E-state index contributed by atoms with van der Waals surface area (Å²) in [5.74, 6) is 0. The van der Waals surface area contributed by atoms with Gasteiger partial charge in [-0.1, -0.05) is 19.1 Å². The van der Waals surface area contributed by atoms with Crippen LogP contribution in [0, 0.1) is 0 Å². The van der Waals surface area contributed by atoms with E-state index in [1.54, 1.807) is 7.11 Å². The maximum Gasteiger partial charge on any atom is 0.319 e. The second-order valence-corrected chi connectivity index (χ2v) is 4.04. The SMILES string of the molecule is CCC(C)NC(=O)Nc1cccc(COC)c1. The Morgan fingerprint density at radius 3 is 2.88 bits per heavy atom. The van der Waals surface area contributed by atoms with Crippen LogP contribution >= 0.6 is 0 Å². The molecule has 0 bridgehead atoms. The van der Waals surface area contributed by atoms with Crippen LogP contribution < -0.4 is 10.6 Å². The van der Waals surface area contributed by atoms with Crippen molar-refractivity contribution in [2.24, 2.45) is 0 Å². The van der Waals surface area contributed by atoms with Crippen LogP contribution in [0.3, 0.4) is 0 Å². The second kappa shape index (κ2) is 6.91. The fourth-order valence-electron chi connectivity index (χ4n) is 1.40. The van der Waals surface area contributed by atoms with Gasteiger partial charge >= 0.3 is 6.03 Å². The Kier molecular flexibility index (Phi) is 5.49. The minimum atomic E-state index is -0.172. The Morgan fingerprint density at radius 2 is 2.24 bits per heavy atom. The molecule has 2 amide bonds. The summed E-state index contributed by atoms with van der Waals surface area (Å²) in [4.78, 5) is 11.6. The number of ether oxygens (including phenoxy) is 1. The van der Waals surface area contributed by atoms with E-state index in [0.717, 1.165) is 17.7 Å². The number of nitrogens with one attached hydrogen (secondary N) is 2. The summed E-state index contributed by atoms with van der Waals surface area (Å²) in [5, 5.41) is 5.65. The van der Waals surface area contributed by atoms with Gasteiger partial charge in [-0.2, -0.15) is 0 Å². The van der Waals surface area contributed by atoms with E-state index in [9.17, 15) is 4.79 Å². The molecule has 0 spiro atoms. The van der Waals surface area contributed by atoms with E-state index in [1.165, 1.54) is 0 Å². The third-order valence-corrected chi connectivity index (χ3v) is 2.49. The van der Waals surface area contributed by atoms with Crippen LogP contribution in [0.15, 0.2) is 24.3 Å². The Balaban J connectivity index is 2.55. The lowest BCUT2D eigenvalue weighted by molar-refractivity contribution is 0.185. The zero-order chi connectivity index (χ0) is 12.7. The molecule has 0 aliphatic heterocycles. The Hall–Kier alpha value is -1.55. The summed E-state index contributed by atoms with van der Waals surface area (Å²) in [7, 11) is 1.65. The van der Waals surface area contributed by atoms with Gasteiger partial charge in [0.2, 0.25) is 0 Å². The molecular weight excluding hydrogens is 216 g/mol. The summed E-state index contributed by atoms with van der Waals surface area (Å²) in [6.45, 7) is 4.55. The van der Waals surface area contributed by atoms with Crippen molar-refractivity contribution in [3.63, 3.8) is 0 Å². The summed E-state index contributed by atoms with van der Waals surface area (Å²) < 4.78 is 5.04. The lowest BCUT2D eigenvalue weighted by Gasteiger charge is -2.13. The first-order valence-electron chi connectivity index (χ1n) is 5.81. The largest absolute Gasteiger partial charge is 0.380 e. The average molecular weight is 236 g/mol. The van der Waals surface area contributed by atoms with Gasteiger partial charge < -0.3 is 15.4 Å². The molecule has 2 N–H and O–H groups in total. The maximum atomic E-state index is 11.6. The van der Waals surface area contributed by atoms with Gasteiger partial charge in [-0.05, 0) is 31.0 Å². The molecular formula is C13H20N2O2. The smallest absolute Gasteiger partial charge is 0.319 e. The number of benzene rings is 1. The van der Waals surface area contributed by atoms with Crippen LogP contribution in [0.4, 0.5) is 10.5 Å². The number of amides is 2. The fourth-order valence-corrected chi connectivity index (χ4v) is 1.40. The second-order valence-electron chi connectivity index (χ2n) is 4.04. The molecule has 1 aromatic carbocycles. The molecule has 0 fully saturated rings. The molecule has 0 heterocycles. The standard InChI is InChI=1S/C13H20N2O2/c1-4-10(2)14-13(16)15-12-7-5-6-11(8-12)9-17-3/h5-8,10H,4,9H2,1-3H3,(H2,14,15,16). The third-order valence-electron chi connectivity index (χ3n) is 2.49. The van der Waals surface area contributed by atoms with Crippen molar-refractivity contribution in [3.8, 4) is 0 Å². The molecule has 0 saturated carbocycles. The number of carbonyl (C=O) groups excluding carboxylic acids is 1. The molecule has 1 unspecified atom stereocenters. The molecule has 4 nitrogen and oxygen atoms in total. The molecule has 0 radical (unpaired) electrons. The summed E-state index contributed by atoms with van der Waals surface area (Å²) >= 11 is 0. The van der Waals surface area contributed by atoms with Crippen molar-refractivity contribution in [1.29, 1.82) is 0 Å². The van der Waals surface area contributed by atoms with Gasteiger partial charge in [0.1, 0.15) is 0 Å². The van der Waals surface area contributed by atoms with E-state index >= 15 is 0 Å². The van der Waals surface area contributed by atoms with Crippen LogP contribution in [0.1, 0.15) is 25.8 Å². The molecule has 1 aromatic rings. The molecule has 0 aliphatic carbocycles. The maximum absolute atomic E-state index is 11.6. The van der Waals surface area contributed by atoms with Crippen LogP contribution in [-0.4, -0.2) is 19.2 Å². The van der Waals surface area contributed by atoms with Crippen molar-refractivity contribution in [2.75, 3.05) is 12.4 Å². The first kappa shape index (κ1) is 13.5. The van der Waals surface area contributed by atoms with E-state index in [4.69, 9.17) is 4.74 Å². The Labute approximate surface area is 102 Å². The number of urea groups is 1. The highest BCUT2D eigenvalue weighted by Crippen LogP contribution is 2.11. The number of carbonyl (C=O) groups is 1. The Bertz CT molecular complexity index is 366. The third kappa shape index (κ3) is 4.87. The lowest BCUT2D eigenvalue weighted by Crippen LogP contribution is -2.35. The first-order valence-corrected chi connectivity index (χ1v) is 5.81. The van der Waals surface area contributed by atoms with E-state index in [0.29, 0.717) is 6.61 Å². The van der Waals surface area contributed by atoms with Gasteiger partial charge in [0, 0.05) is 18.8 Å². The topological polar surface area (TPSA) is 50.4 Å². The molecule has 94 valence electrons. The van der Waals surface area contributed by atoms with Crippen molar-refractivity contribution in [3.05, 3.63) is 29.8 Å². The first-order chi connectivity index (χ1) is 8.15. The zero-order valence-electron chi connectivity index (χ0n) is 10.6. The van der Waals surface area contributed by atoms with E-state index in [1.807, 2.05) is 38.1 Å². The molecule has 1 atom stereocenters. The molecule has 17 heavy (non-hydrogen) atoms. The van der Waals surface area contributed by atoms with E-state index in [2.05, 4.69) is 10.6 Å². The predicted molar refractivity (Wildman–Crippen MR) is 69.1 cm³/mol. The highest BCUT2D eigenvalue weighted by molar-refractivity contribution is 5.89. The van der Waals surface area contributed by atoms with Gasteiger partial charge in [-0.3, -0.25) is 0 Å². The van der Waals surface area contributed by atoms with E-state index < -0.39 is 0 Å². The van der Waals surface area contributed by atoms with Crippen LogP contribution in [-0.2, 0) is 11.3 Å². The molecule has 0 aromatic heterocycles. The number of methoxy groups -OCH3 is 1. The van der Waals surface area contributed by atoms with Gasteiger partial charge in [-0.25, -0.2) is 4.79 Å². The molecule has 1 rings (SSSR count). The van der Waals surface area contributed by atoms with Crippen molar-refractivity contribution < 1.29 is 9.53 Å². The predicted octanol–water partition coefficient (Wildman–Crippen LogP) is 2.75. The molecule has 0 aliphatic rings. The number of rotatable bonds is 5. The number of hydrogen-bond donors (Lipinski definition) is 2. The average Bonchev–Trinajstić information content (AvgIpc) is 2.29. The highest BCUT2D eigenvalue weighted by Gasteiger charge is 2.05. The van der Waals surface area contributed by atoms with Crippen LogP contribution in [0.25, 0.3) is 0 Å². The van der Waals surface area contributed by atoms with Crippen molar-refractivity contribution in [2.45, 2.75) is 32.9 Å².